The van der Waals surface area contributed by atoms with Gasteiger partial charge < -0.3 is 14.7 Å². The lowest BCUT2D eigenvalue weighted by molar-refractivity contribution is -0.137. The summed E-state index contributed by atoms with van der Waals surface area (Å²) in [5, 5.41) is 9.11. The summed E-state index contributed by atoms with van der Waals surface area (Å²) < 4.78 is 5.64. The molecule has 0 bridgehead atoms. The van der Waals surface area contributed by atoms with Crippen molar-refractivity contribution < 1.29 is 14.6 Å². The summed E-state index contributed by atoms with van der Waals surface area (Å²) in [7, 11) is 0. The number of ether oxygens (including phenoxy) is 1. The molecule has 4 nitrogen and oxygen atoms in total. The molecule has 1 aliphatic rings. The van der Waals surface area contributed by atoms with Crippen molar-refractivity contribution in [1.82, 2.24) is 4.90 Å². The van der Waals surface area contributed by atoms with E-state index in [1.54, 1.807) is 0 Å². The van der Waals surface area contributed by atoms with Gasteiger partial charge in [-0.1, -0.05) is 19.1 Å². The van der Waals surface area contributed by atoms with Gasteiger partial charge >= 0.3 is 0 Å². The Morgan fingerprint density at radius 3 is 3.05 bits per heavy atom. The monoisotopic (exact) mass is 291 g/mol. The van der Waals surface area contributed by atoms with E-state index in [2.05, 4.69) is 13.0 Å². The second-order valence-electron chi connectivity index (χ2n) is 5.54. The zero-order valence-corrected chi connectivity index (χ0v) is 12.8. The minimum atomic E-state index is 0.0232. The first-order valence-corrected chi connectivity index (χ1v) is 7.86. The number of benzene rings is 1. The predicted molar refractivity (Wildman–Crippen MR) is 82.4 cm³/mol. The molecule has 1 aliphatic heterocycles. The van der Waals surface area contributed by atoms with Crippen LogP contribution in [-0.4, -0.2) is 41.7 Å². The van der Waals surface area contributed by atoms with Crippen molar-refractivity contribution in [2.75, 3.05) is 19.8 Å². The minimum Gasteiger partial charge on any atom is -0.484 e. The number of likely N-dealkylation sites (tertiary alicyclic amines) is 1. The van der Waals surface area contributed by atoms with Crippen LogP contribution < -0.4 is 4.74 Å². The lowest BCUT2D eigenvalue weighted by Crippen LogP contribution is -2.46. The summed E-state index contributed by atoms with van der Waals surface area (Å²) in [6.45, 7) is 3.09. The molecule has 0 spiro atoms. The topological polar surface area (TPSA) is 49.8 Å². The molecule has 1 amide bonds. The normalized spacial score (nSPS) is 18.6. The van der Waals surface area contributed by atoms with Crippen LogP contribution in [0.25, 0.3) is 0 Å². The molecule has 116 valence electrons. The summed E-state index contributed by atoms with van der Waals surface area (Å²) in [6.07, 6.45) is 4.78. The van der Waals surface area contributed by atoms with Crippen molar-refractivity contribution in [2.24, 2.45) is 0 Å². The molecule has 1 unspecified atom stereocenters. The van der Waals surface area contributed by atoms with Crippen molar-refractivity contribution in [3.8, 4) is 5.75 Å². The summed E-state index contributed by atoms with van der Waals surface area (Å²) in [4.78, 5) is 14.2. The number of piperidine rings is 1. The van der Waals surface area contributed by atoms with E-state index in [0.717, 1.165) is 38.0 Å². The van der Waals surface area contributed by atoms with E-state index < -0.39 is 0 Å². The summed E-state index contributed by atoms with van der Waals surface area (Å²) >= 11 is 0. The lowest BCUT2D eigenvalue weighted by Gasteiger charge is -2.35. The highest BCUT2D eigenvalue weighted by Gasteiger charge is 2.26. The van der Waals surface area contributed by atoms with E-state index in [9.17, 15) is 4.79 Å². The highest BCUT2D eigenvalue weighted by molar-refractivity contribution is 5.78. The second-order valence-corrected chi connectivity index (χ2v) is 5.54. The van der Waals surface area contributed by atoms with Gasteiger partial charge in [0, 0.05) is 19.2 Å². The third kappa shape index (κ3) is 4.46. The maximum Gasteiger partial charge on any atom is 0.260 e. The Bertz CT molecular complexity index is 459. The van der Waals surface area contributed by atoms with Crippen molar-refractivity contribution in [3.63, 3.8) is 0 Å². The van der Waals surface area contributed by atoms with Gasteiger partial charge in [0.2, 0.25) is 0 Å². The van der Waals surface area contributed by atoms with Crippen molar-refractivity contribution in [2.45, 2.75) is 45.1 Å². The van der Waals surface area contributed by atoms with Crippen molar-refractivity contribution >= 4 is 5.91 Å². The Morgan fingerprint density at radius 2 is 2.29 bits per heavy atom. The van der Waals surface area contributed by atoms with E-state index in [-0.39, 0.29) is 25.2 Å². The number of aryl methyl sites for hydroxylation is 1. The van der Waals surface area contributed by atoms with Gasteiger partial charge in [0.15, 0.2) is 6.61 Å². The Labute approximate surface area is 126 Å². The lowest BCUT2D eigenvalue weighted by atomic mass is 9.99. The third-order valence-corrected chi connectivity index (χ3v) is 4.08. The SMILES string of the molecule is CCc1cccc(OCC(=O)N2CCCCC2CCO)c1. The van der Waals surface area contributed by atoms with Gasteiger partial charge in [0.25, 0.3) is 5.91 Å². The van der Waals surface area contributed by atoms with Crippen LogP contribution in [0.2, 0.25) is 0 Å². The zero-order chi connectivity index (χ0) is 15.1. The molecule has 4 heteroatoms. The molecule has 1 aromatic carbocycles. The van der Waals surface area contributed by atoms with E-state index in [1.165, 1.54) is 5.56 Å². The molecular formula is C17H25NO3. The average Bonchev–Trinajstić information content (AvgIpc) is 2.53. The highest BCUT2D eigenvalue weighted by atomic mass is 16.5. The molecule has 1 saturated heterocycles. The smallest absolute Gasteiger partial charge is 0.260 e. The molecule has 1 atom stereocenters. The van der Waals surface area contributed by atoms with Gasteiger partial charge in [-0.25, -0.2) is 0 Å². The highest BCUT2D eigenvalue weighted by Crippen LogP contribution is 2.20. The summed E-state index contributed by atoms with van der Waals surface area (Å²) in [5.41, 5.74) is 1.20. The Morgan fingerprint density at radius 1 is 1.43 bits per heavy atom. The van der Waals surface area contributed by atoms with Crippen LogP contribution in [0.3, 0.4) is 0 Å². The maximum atomic E-state index is 12.3. The van der Waals surface area contributed by atoms with Crippen LogP contribution in [-0.2, 0) is 11.2 Å². The minimum absolute atomic E-state index is 0.0232. The fourth-order valence-electron chi connectivity index (χ4n) is 2.86. The maximum absolute atomic E-state index is 12.3. The van der Waals surface area contributed by atoms with Crippen LogP contribution in [0, 0.1) is 0 Å². The van der Waals surface area contributed by atoms with Crippen LogP contribution in [0.4, 0.5) is 0 Å². The van der Waals surface area contributed by atoms with Crippen molar-refractivity contribution in [1.29, 1.82) is 0 Å². The number of amides is 1. The number of hydrogen-bond donors (Lipinski definition) is 1. The quantitative estimate of drug-likeness (QED) is 0.875. The average molecular weight is 291 g/mol. The molecule has 0 radical (unpaired) electrons. The van der Waals surface area contributed by atoms with Gasteiger partial charge in [-0.2, -0.15) is 0 Å². The molecule has 21 heavy (non-hydrogen) atoms. The second kappa shape index (κ2) is 8.03. The first-order valence-electron chi connectivity index (χ1n) is 7.86. The number of carbonyl (C=O) groups is 1. The largest absolute Gasteiger partial charge is 0.484 e. The summed E-state index contributed by atoms with van der Waals surface area (Å²) in [5.74, 6) is 0.772. The van der Waals surface area contributed by atoms with Gasteiger partial charge in [0.1, 0.15) is 5.75 Å². The predicted octanol–water partition coefficient (Wildman–Crippen LogP) is 2.39. The fourth-order valence-corrected chi connectivity index (χ4v) is 2.86. The molecule has 2 rings (SSSR count). The molecule has 0 saturated carbocycles. The standard InChI is InChI=1S/C17H25NO3/c1-2-14-6-5-8-16(12-14)21-13-17(20)18-10-4-3-7-15(18)9-11-19/h5-6,8,12,15,19H,2-4,7,9-11,13H2,1H3. The van der Waals surface area contributed by atoms with Crippen LogP contribution in [0.1, 0.15) is 38.2 Å². The molecule has 1 aromatic rings. The van der Waals surface area contributed by atoms with E-state index in [4.69, 9.17) is 9.84 Å². The Balaban J connectivity index is 1.90. The number of nitrogens with zero attached hydrogens (tertiary/aromatic N) is 1. The third-order valence-electron chi connectivity index (χ3n) is 4.08. The molecule has 1 fully saturated rings. The van der Waals surface area contributed by atoms with E-state index in [0.29, 0.717) is 6.42 Å². The van der Waals surface area contributed by atoms with Crippen molar-refractivity contribution in [3.05, 3.63) is 29.8 Å². The zero-order valence-electron chi connectivity index (χ0n) is 12.8. The summed E-state index contributed by atoms with van der Waals surface area (Å²) in [6, 6.07) is 8.04. The molecule has 0 aliphatic carbocycles. The number of carbonyl (C=O) groups excluding carboxylic acids is 1. The molecular weight excluding hydrogens is 266 g/mol. The fraction of sp³-hybridized carbons (Fsp3) is 0.588. The van der Waals surface area contributed by atoms with E-state index in [1.807, 2.05) is 23.1 Å². The van der Waals surface area contributed by atoms with Gasteiger partial charge in [-0.3, -0.25) is 4.79 Å². The Hall–Kier alpha value is -1.55. The number of rotatable bonds is 6. The first-order chi connectivity index (χ1) is 10.2. The molecule has 1 N–H and O–H groups in total. The van der Waals surface area contributed by atoms with Crippen LogP contribution >= 0.6 is 0 Å². The molecule has 1 heterocycles. The Kier molecular flexibility index (Phi) is 6.05. The van der Waals surface area contributed by atoms with Gasteiger partial charge in [-0.15, -0.1) is 0 Å². The number of hydrogen-bond acceptors (Lipinski definition) is 3. The molecule has 0 aromatic heterocycles. The number of aliphatic hydroxyl groups excluding tert-OH is 1. The number of aliphatic hydroxyl groups is 1. The van der Waals surface area contributed by atoms with Crippen LogP contribution in [0.15, 0.2) is 24.3 Å². The first kappa shape index (κ1) is 15.8. The van der Waals surface area contributed by atoms with Gasteiger partial charge in [0.05, 0.1) is 0 Å². The van der Waals surface area contributed by atoms with Crippen LogP contribution in [0.5, 0.6) is 5.75 Å². The van der Waals surface area contributed by atoms with Gasteiger partial charge in [-0.05, 0) is 49.8 Å². The van der Waals surface area contributed by atoms with E-state index >= 15 is 0 Å².